The SMILES string of the molecule is CC1NNC(c2ccc3c(c2)CCC3)C1C(=O)O. The summed E-state index contributed by atoms with van der Waals surface area (Å²) in [6.07, 6.45) is 3.50. The van der Waals surface area contributed by atoms with Crippen LogP contribution in [-0.2, 0) is 17.6 Å². The molecule has 0 spiro atoms. The summed E-state index contributed by atoms with van der Waals surface area (Å²) >= 11 is 0. The van der Waals surface area contributed by atoms with E-state index in [2.05, 4.69) is 29.1 Å². The molecule has 2 aliphatic rings. The number of aliphatic carboxylic acids is 1. The number of aryl methyl sites for hydroxylation is 2. The minimum absolute atomic E-state index is 0.0549. The lowest BCUT2D eigenvalue weighted by Gasteiger charge is -2.18. The summed E-state index contributed by atoms with van der Waals surface area (Å²) < 4.78 is 0. The van der Waals surface area contributed by atoms with Crippen molar-refractivity contribution in [3.8, 4) is 0 Å². The Balaban J connectivity index is 1.92. The molecule has 3 N–H and O–H groups in total. The summed E-state index contributed by atoms with van der Waals surface area (Å²) in [7, 11) is 0. The van der Waals surface area contributed by atoms with Gasteiger partial charge in [-0.15, -0.1) is 0 Å². The molecule has 1 aliphatic heterocycles. The molecule has 1 saturated heterocycles. The van der Waals surface area contributed by atoms with Gasteiger partial charge in [0.1, 0.15) is 0 Å². The average molecular weight is 246 g/mol. The molecule has 0 bridgehead atoms. The highest BCUT2D eigenvalue weighted by Crippen LogP contribution is 2.32. The van der Waals surface area contributed by atoms with Gasteiger partial charge in [0.05, 0.1) is 12.0 Å². The molecule has 4 nitrogen and oxygen atoms in total. The number of hydrogen-bond donors (Lipinski definition) is 3. The highest BCUT2D eigenvalue weighted by atomic mass is 16.4. The minimum Gasteiger partial charge on any atom is -0.481 e. The van der Waals surface area contributed by atoms with Crippen molar-refractivity contribution in [1.82, 2.24) is 10.9 Å². The van der Waals surface area contributed by atoms with Crippen molar-refractivity contribution in [3.63, 3.8) is 0 Å². The van der Waals surface area contributed by atoms with Gasteiger partial charge in [0.15, 0.2) is 0 Å². The van der Waals surface area contributed by atoms with Gasteiger partial charge in [-0.05, 0) is 42.9 Å². The predicted molar refractivity (Wildman–Crippen MR) is 68.1 cm³/mol. The first-order chi connectivity index (χ1) is 8.66. The Morgan fingerprint density at radius 2 is 2.06 bits per heavy atom. The zero-order valence-electron chi connectivity index (χ0n) is 10.4. The second-order valence-corrected chi connectivity index (χ2v) is 5.30. The molecule has 0 amide bonds. The van der Waals surface area contributed by atoms with Crippen molar-refractivity contribution in [3.05, 3.63) is 34.9 Å². The quantitative estimate of drug-likeness (QED) is 0.738. The van der Waals surface area contributed by atoms with Crippen LogP contribution in [0.15, 0.2) is 18.2 Å². The number of carbonyl (C=O) groups is 1. The molecular weight excluding hydrogens is 228 g/mol. The van der Waals surface area contributed by atoms with Gasteiger partial charge in [-0.3, -0.25) is 10.2 Å². The van der Waals surface area contributed by atoms with Gasteiger partial charge >= 0.3 is 5.97 Å². The lowest BCUT2D eigenvalue weighted by Crippen LogP contribution is -2.30. The van der Waals surface area contributed by atoms with E-state index in [-0.39, 0.29) is 12.1 Å². The fraction of sp³-hybridized carbons (Fsp3) is 0.500. The fourth-order valence-electron chi connectivity index (χ4n) is 3.12. The lowest BCUT2D eigenvalue weighted by atomic mass is 9.89. The van der Waals surface area contributed by atoms with E-state index in [1.54, 1.807) is 0 Å². The number of benzene rings is 1. The monoisotopic (exact) mass is 246 g/mol. The summed E-state index contributed by atoms with van der Waals surface area (Å²) in [5.41, 5.74) is 10.0. The van der Waals surface area contributed by atoms with Crippen molar-refractivity contribution in [2.24, 2.45) is 5.92 Å². The van der Waals surface area contributed by atoms with Crippen LogP contribution < -0.4 is 10.9 Å². The number of hydrazine groups is 1. The molecule has 1 aromatic rings. The average Bonchev–Trinajstić information content (AvgIpc) is 2.93. The number of rotatable bonds is 2. The van der Waals surface area contributed by atoms with E-state index in [0.717, 1.165) is 18.4 Å². The summed E-state index contributed by atoms with van der Waals surface area (Å²) in [5, 5.41) is 9.33. The predicted octanol–water partition coefficient (Wildman–Crippen LogP) is 1.41. The third-order valence-corrected chi connectivity index (χ3v) is 4.13. The van der Waals surface area contributed by atoms with E-state index in [1.165, 1.54) is 17.5 Å². The number of fused-ring (bicyclic) bond motifs is 1. The van der Waals surface area contributed by atoms with Gasteiger partial charge in [-0.1, -0.05) is 18.2 Å². The minimum atomic E-state index is -0.745. The number of carboxylic acids is 1. The summed E-state index contributed by atoms with van der Waals surface area (Å²) in [6.45, 7) is 1.90. The maximum Gasteiger partial charge on any atom is 0.310 e. The normalized spacial score (nSPS) is 30.4. The molecule has 4 heteroatoms. The fourth-order valence-corrected chi connectivity index (χ4v) is 3.12. The number of carboxylic acid groups (broad SMARTS) is 1. The number of nitrogens with one attached hydrogen (secondary N) is 2. The van der Waals surface area contributed by atoms with Crippen molar-refractivity contribution in [2.75, 3.05) is 0 Å². The third kappa shape index (κ3) is 1.82. The topological polar surface area (TPSA) is 61.4 Å². The Labute approximate surface area is 106 Å². The first-order valence-electron chi connectivity index (χ1n) is 6.52. The van der Waals surface area contributed by atoms with Crippen LogP contribution in [0.25, 0.3) is 0 Å². The van der Waals surface area contributed by atoms with Crippen molar-refractivity contribution >= 4 is 5.97 Å². The van der Waals surface area contributed by atoms with Gasteiger partial charge in [-0.25, -0.2) is 5.43 Å². The highest BCUT2D eigenvalue weighted by Gasteiger charge is 2.39. The maximum absolute atomic E-state index is 11.3. The molecule has 0 aromatic heterocycles. The van der Waals surface area contributed by atoms with E-state index >= 15 is 0 Å². The van der Waals surface area contributed by atoms with Gasteiger partial charge < -0.3 is 5.11 Å². The van der Waals surface area contributed by atoms with Gasteiger partial charge in [0.2, 0.25) is 0 Å². The second kappa shape index (κ2) is 4.37. The summed E-state index contributed by atoms with van der Waals surface area (Å²) in [5.74, 6) is -1.16. The Bertz CT molecular complexity index is 487. The number of hydrogen-bond acceptors (Lipinski definition) is 3. The third-order valence-electron chi connectivity index (χ3n) is 4.13. The molecule has 1 aliphatic carbocycles. The van der Waals surface area contributed by atoms with E-state index < -0.39 is 11.9 Å². The molecule has 18 heavy (non-hydrogen) atoms. The van der Waals surface area contributed by atoms with E-state index in [0.29, 0.717) is 0 Å². The van der Waals surface area contributed by atoms with E-state index in [1.807, 2.05) is 6.92 Å². The van der Waals surface area contributed by atoms with Crippen LogP contribution in [0.3, 0.4) is 0 Å². The molecule has 3 unspecified atom stereocenters. The largest absolute Gasteiger partial charge is 0.481 e. The zero-order chi connectivity index (χ0) is 12.7. The highest BCUT2D eigenvalue weighted by molar-refractivity contribution is 5.72. The van der Waals surface area contributed by atoms with E-state index in [4.69, 9.17) is 0 Å². The molecule has 0 saturated carbocycles. The van der Waals surface area contributed by atoms with Crippen LogP contribution in [0.2, 0.25) is 0 Å². The first-order valence-corrected chi connectivity index (χ1v) is 6.52. The molecule has 96 valence electrons. The maximum atomic E-state index is 11.3. The molecule has 1 heterocycles. The van der Waals surface area contributed by atoms with Crippen LogP contribution in [0, 0.1) is 5.92 Å². The Morgan fingerprint density at radius 1 is 1.28 bits per heavy atom. The summed E-state index contributed by atoms with van der Waals surface area (Å²) in [4.78, 5) is 11.3. The van der Waals surface area contributed by atoms with Crippen molar-refractivity contribution < 1.29 is 9.90 Å². The van der Waals surface area contributed by atoms with E-state index in [9.17, 15) is 9.90 Å². The van der Waals surface area contributed by atoms with Crippen LogP contribution >= 0.6 is 0 Å². The Morgan fingerprint density at radius 3 is 2.83 bits per heavy atom. The molecule has 1 fully saturated rings. The van der Waals surface area contributed by atoms with Gasteiger partial charge in [-0.2, -0.15) is 0 Å². The molecular formula is C14H18N2O2. The van der Waals surface area contributed by atoms with Crippen LogP contribution in [0.4, 0.5) is 0 Å². The summed E-state index contributed by atoms with van der Waals surface area (Å²) in [6, 6.07) is 6.21. The van der Waals surface area contributed by atoms with Crippen LogP contribution in [0.5, 0.6) is 0 Å². The van der Waals surface area contributed by atoms with Crippen LogP contribution in [-0.4, -0.2) is 17.1 Å². The van der Waals surface area contributed by atoms with Gasteiger partial charge in [0, 0.05) is 6.04 Å². The molecule has 0 radical (unpaired) electrons. The van der Waals surface area contributed by atoms with Gasteiger partial charge in [0.25, 0.3) is 0 Å². The van der Waals surface area contributed by atoms with Crippen molar-refractivity contribution in [1.29, 1.82) is 0 Å². The Hall–Kier alpha value is -1.39. The smallest absolute Gasteiger partial charge is 0.310 e. The molecule has 1 aromatic carbocycles. The first kappa shape index (κ1) is 11.7. The lowest BCUT2D eigenvalue weighted by molar-refractivity contribution is -0.142. The van der Waals surface area contributed by atoms with Crippen molar-refractivity contribution in [2.45, 2.75) is 38.3 Å². The molecule has 3 rings (SSSR count). The van der Waals surface area contributed by atoms with Crippen LogP contribution in [0.1, 0.15) is 36.1 Å². The standard InChI is InChI=1S/C14H18N2O2/c1-8-12(14(17)18)13(16-15-8)11-6-5-9-3-2-4-10(9)7-11/h5-8,12-13,15-16H,2-4H2,1H3,(H,17,18). The zero-order valence-corrected chi connectivity index (χ0v) is 10.4. The second-order valence-electron chi connectivity index (χ2n) is 5.30. The Kier molecular flexibility index (Phi) is 2.84. The molecule has 3 atom stereocenters.